The molecular formula is C17H18N4O2S2. The summed E-state index contributed by atoms with van der Waals surface area (Å²) < 4.78 is 6.57. The van der Waals surface area contributed by atoms with E-state index in [4.69, 9.17) is 10.2 Å². The molecule has 8 heteroatoms. The molecule has 3 aromatic rings. The fourth-order valence-electron chi connectivity index (χ4n) is 2.08. The quantitative estimate of drug-likeness (QED) is 0.483. The number of thiazole rings is 1. The van der Waals surface area contributed by atoms with Gasteiger partial charge in [0.1, 0.15) is 5.76 Å². The zero-order valence-corrected chi connectivity index (χ0v) is 15.3. The van der Waals surface area contributed by atoms with Gasteiger partial charge in [0.25, 0.3) is 0 Å². The van der Waals surface area contributed by atoms with Crippen LogP contribution in [0, 0.1) is 0 Å². The summed E-state index contributed by atoms with van der Waals surface area (Å²) in [6.07, 6.45) is 4.63. The number of oxazole rings is 1. The molecule has 130 valence electrons. The summed E-state index contributed by atoms with van der Waals surface area (Å²) in [5.74, 6) is 2.12. The van der Waals surface area contributed by atoms with Gasteiger partial charge in [-0.15, -0.1) is 11.8 Å². The van der Waals surface area contributed by atoms with Crippen LogP contribution in [0.1, 0.15) is 24.1 Å². The molecule has 6 nitrogen and oxygen atoms in total. The third-order valence-electron chi connectivity index (χ3n) is 3.36. The smallest absolute Gasteiger partial charge is 0.230 e. The summed E-state index contributed by atoms with van der Waals surface area (Å²) in [5.41, 5.74) is 7.24. The first kappa shape index (κ1) is 17.5. The minimum Gasteiger partial charge on any atom is -0.445 e. The second-order valence-electron chi connectivity index (χ2n) is 5.31. The Morgan fingerprint density at radius 2 is 2.08 bits per heavy atom. The third-order valence-corrected chi connectivity index (χ3v) is 5.46. The Hall–Kier alpha value is -2.32. The van der Waals surface area contributed by atoms with E-state index < -0.39 is 0 Å². The van der Waals surface area contributed by atoms with Crippen molar-refractivity contribution in [2.45, 2.75) is 29.7 Å². The van der Waals surface area contributed by atoms with Crippen molar-refractivity contribution in [1.29, 1.82) is 0 Å². The summed E-state index contributed by atoms with van der Waals surface area (Å²) in [6.45, 7) is 2.03. The maximum Gasteiger partial charge on any atom is 0.230 e. The van der Waals surface area contributed by atoms with E-state index in [0.29, 0.717) is 28.9 Å². The van der Waals surface area contributed by atoms with Crippen LogP contribution in [0.15, 0.2) is 45.3 Å². The highest BCUT2D eigenvalue weighted by Crippen LogP contribution is 2.30. The summed E-state index contributed by atoms with van der Waals surface area (Å²) in [5, 5.41) is 3.41. The van der Waals surface area contributed by atoms with Crippen molar-refractivity contribution in [3.05, 3.63) is 53.9 Å². The predicted molar refractivity (Wildman–Crippen MR) is 101 cm³/mol. The fourth-order valence-corrected chi connectivity index (χ4v) is 3.82. The van der Waals surface area contributed by atoms with Gasteiger partial charge in [0.15, 0.2) is 5.13 Å². The van der Waals surface area contributed by atoms with Crippen molar-refractivity contribution in [2.75, 3.05) is 11.1 Å². The molecule has 2 heterocycles. The van der Waals surface area contributed by atoms with E-state index in [0.717, 1.165) is 22.0 Å². The second-order valence-corrected chi connectivity index (χ2v) is 7.62. The van der Waals surface area contributed by atoms with Gasteiger partial charge in [-0.25, -0.2) is 9.97 Å². The third kappa shape index (κ3) is 5.07. The normalized spacial score (nSPS) is 10.8. The number of benzene rings is 1. The van der Waals surface area contributed by atoms with Gasteiger partial charge < -0.3 is 15.5 Å². The van der Waals surface area contributed by atoms with Crippen LogP contribution < -0.4 is 11.1 Å². The van der Waals surface area contributed by atoms with Gasteiger partial charge in [-0.3, -0.25) is 4.79 Å². The van der Waals surface area contributed by atoms with E-state index >= 15 is 0 Å². The zero-order chi connectivity index (χ0) is 17.6. The summed E-state index contributed by atoms with van der Waals surface area (Å²) in [7, 11) is 0. The van der Waals surface area contributed by atoms with Crippen LogP contribution in [-0.4, -0.2) is 15.9 Å². The number of carbonyl (C=O) groups is 1. The van der Waals surface area contributed by atoms with Crippen molar-refractivity contribution in [3.8, 4) is 0 Å². The molecule has 0 aliphatic rings. The van der Waals surface area contributed by atoms with Crippen LogP contribution >= 0.6 is 23.1 Å². The van der Waals surface area contributed by atoms with E-state index in [-0.39, 0.29) is 5.91 Å². The number of nitrogens with one attached hydrogen (secondary N) is 1. The molecule has 0 unspecified atom stereocenters. The minimum absolute atomic E-state index is 0.101. The topological polar surface area (TPSA) is 94.0 Å². The Morgan fingerprint density at radius 1 is 1.28 bits per heavy atom. The van der Waals surface area contributed by atoms with E-state index in [9.17, 15) is 4.79 Å². The first-order chi connectivity index (χ1) is 12.1. The number of aromatic nitrogens is 2. The Morgan fingerprint density at radius 3 is 2.80 bits per heavy atom. The molecule has 0 spiro atoms. The van der Waals surface area contributed by atoms with Gasteiger partial charge in [-0.1, -0.05) is 30.4 Å². The molecule has 0 aliphatic heterocycles. The van der Waals surface area contributed by atoms with Crippen molar-refractivity contribution >= 4 is 39.8 Å². The van der Waals surface area contributed by atoms with E-state index in [1.807, 2.05) is 19.1 Å². The van der Waals surface area contributed by atoms with Gasteiger partial charge in [-0.05, 0) is 17.7 Å². The molecule has 1 aromatic carbocycles. The van der Waals surface area contributed by atoms with Crippen LogP contribution in [0.2, 0.25) is 0 Å². The molecule has 0 saturated carbocycles. The molecule has 0 fully saturated rings. The van der Waals surface area contributed by atoms with Crippen LogP contribution in [0.3, 0.4) is 0 Å². The first-order valence-electron chi connectivity index (χ1n) is 7.79. The average Bonchev–Trinajstić information content (AvgIpc) is 3.24. The van der Waals surface area contributed by atoms with Crippen LogP contribution in [0.25, 0.3) is 0 Å². The predicted octanol–water partition coefficient (Wildman–Crippen LogP) is 3.75. The highest BCUT2D eigenvalue weighted by molar-refractivity contribution is 8.00. The summed E-state index contributed by atoms with van der Waals surface area (Å²) in [4.78, 5) is 20.6. The highest BCUT2D eigenvalue weighted by Gasteiger charge is 2.10. The minimum atomic E-state index is -0.101. The highest BCUT2D eigenvalue weighted by atomic mass is 32.2. The molecule has 0 aliphatic carbocycles. The molecule has 3 rings (SSSR count). The molecule has 2 aromatic heterocycles. The standard InChI is InChI=1S/C17H18N4O2S2/c1-2-13-8-19-15(23-13)10-24-16-9-20-17(25-16)21-14(22)7-11-3-5-12(18)6-4-11/h3-6,8-9H,2,7,10,18H2,1H3,(H,20,21,22). The first-order valence-corrected chi connectivity index (χ1v) is 9.59. The van der Waals surface area contributed by atoms with Crippen molar-refractivity contribution in [1.82, 2.24) is 9.97 Å². The maximum atomic E-state index is 12.1. The Labute approximate surface area is 153 Å². The largest absolute Gasteiger partial charge is 0.445 e. The number of aryl methyl sites for hydroxylation is 1. The lowest BCUT2D eigenvalue weighted by Crippen LogP contribution is -2.14. The monoisotopic (exact) mass is 374 g/mol. The van der Waals surface area contributed by atoms with E-state index in [2.05, 4.69) is 15.3 Å². The number of hydrogen-bond acceptors (Lipinski definition) is 7. The Bertz CT molecular complexity index is 842. The van der Waals surface area contributed by atoms with Gasteiger partial charge in [-0.2, -0.15) is 0 Å². The molecule has 25 heavy (non-hydrogen) atoms. The number of nitrogens with zero attached hydrogens (tertiary/aromatic N) is 2. The fraction of sp³-hybridized carbons (Fsp3) is 0.235. The molecule has 0 saturated heterocycles. The van der Waals surface area contributed by atoms with E-state index in [1.54, 1.807) is 36.3 Å². The Kier molecular flexibility index (Phi) is 5.72. The number of nitrogen functional groups attached to an aromatic ring is 1. The number of rotatable bonds is 7. The second kappa shape index (κ2) is 8.17. The number of hydrogen-bond donors (Lipinski definition) is 2. The summed E-state index contributed by atoms with van der Waals surface area (Å²) in [6, 6.07) is 7.26. The molecule has 0 atom stereocenters. The molecule has 0 radical (unpaired) electrons. The SMILES string of the molecule is CCc1cnc(CSc2cnc(NC(=O)Cc3ccc(N)cc3)s2)o1. The summed E-state index contributed by atoms with van der Waals surface area (Å²) >= 11 is 3.02. The molecule has 0 bridgehead atoms. The van der Waals surface area contributed by atoms with Crippen molar-refractivity contribution < 1.29 is 9.21 Å². The Balaban J connectivity index is 1.50. The lowest BCUT2D eigenvalue weighted by atomic mass is 10.1. The van der Waals surface area contributed by atoms with E-state index in [1.165, 1.54) is 11.3 Å². The average molecular weight is 374 g/mol. The van der Waals surface area contributed by atoms with Crippen LogP contribution in [-0.2, 0) is 23.4 Å². The number of amides is 1. The van der Waals surface area contributed by atoms with Gasteiger partial charge in [0, 0.05) is 12.1 Å². The number of anilines is 2. The number of carbonyl (C=O) groups excluding carboxylic acids is 1. The molecule has 3 N–H and O–H groups in total. The number of thioether (sulfide) groups is 1. The maximum absolute atomic E-state index is 12.1. The lowest BCUT2D eigenvalue weighted by Gasteiger charge is -2.02. The zero-order valence-electron chi connectivity index (χ0n) is 13.7. The molecule has 1 amide bonds. The van der Waals surface area contributed by atoms with Crippen molar-refractivity contribution in [2.24, 2.45) is 0 Å². The van der Waals surface area contributed by atoms with Gasteiger partial charge in [0.05, 0.1) is 28.8 Å². The lowest BCUT2D eigenvalue weighted by molar-refractivity contribution is -0.115. The number of nitrogens with two attached hydrogens (primary N) is 1. The van der Waals surface area contributed by atoms with Crippen LogP contribution in [0.5, 0.6) is 0 Å². The van der Waals surface area contributed by atoms with Gasteiger partial charge >= 0.3 is 0 Å². The van der Waals surface area contributed by atoms with Crippen LogP contribution in [0.4, 0.5) is 10.8 Å². The van der Waals surface area contributed by atoms with Gasteiger partial charge in [0.2, 0.25) is 11.8 Å². The molecular weight excluding hydrogens is 356 g/mol. The van der Waals surface area contributed by atoms with Crippen molar-refractivity contribution in [3.63, 3.8) is 0 Å².